The molecule has 1 rings (SSSR count). The molecule has 0 atom stereocenters. The van der Waals surface area contributed by atoms with E-state index < -0.39 is 11.8 Å². The fourth-order valence-electron chi connectivity index (χ4n) is 0.937. The summed E-state index contributed by atoms with van der Waals surface area (Å²) >= 11 is 5.52. The summed E-state index contributed by atoms with van der Waals surface area (Å²) < 4.78 is 4.85. The lowest BCUT2D eigenvalue weighted by Gasteiger charge is -2.04. The van der Waals surface area contributed by atoms with E-state index in [1.54, 1.807) is 0 Å². The van der Waals surface area contributed by atoms with Crippen LogP contribution in [-0.2, 0) is 9.53 Å². The van der Waals surface area contributed by atoms with Crippen LogP contribution in [0.2, 0.25) is 5.15 Å². The Balaban J connectivity index is 2.25. The Bertz CT molecular complexity index is 396. The Morgan fingerprint density at radius 1 is 1.41 bits per heavy atom. The molecule has 7 nitrogen and oxygen atoms in total. The van der Waals surface area contributed by atoms with Crippen molar-refractivity contribution in [3.63, 3.8) is 0 Å². The zero-order chi connectivity index (χ0) is 12.7. The number of primary amides is 1. The van der Waals surface area contributed by atoms with E-state index in [1.807, 2.05) is 0 Å². The summed E-state index contributed by atoms with van der Waals surface area (Å²) in [6.45, 7) is 0.267. The van der Waals surface area contributed by atoms with Crippen LogP contribution in [0.1, 0.15) is 10.5 Å². The molecule has 1 aromatic rings. The Kier molecular flexibility index (Phi) is 5.31. The van der Waals surface area contributed by atoms with Gasteiger partial charge in [-0.25, -0.2) is 0 Å². The SMILES string of the molecule is NC(=O)COCCNC(=O)c1ccc(Cl)nn1. The van der Waals surface area contributed by atoms with Gasteiger partial charge in [-0.15, -0.1) is 10.2 Å². The Hall–Kier alpha value is -1.73. The Morgan fingerprint density at radius 3 is 2.76 bits per heavy atom. The maximum absolute atomic E-state index is 11.4. The van der Waals surface area contributed by atoms with Crippen molar-refractivity contribution in [2.24, 2.45) is 5.73 Å². The first kappa shape index (κ1) is 13.3. The van der Waals surface area contributed by atoms with Crippen LogP contribution >= 0.6 is 11.6 Å². The molecule has 0 bridgehead atoms. The van der Waals surface area contributed by atoms with Gasteiger partial charge in [0, 0.05) is 6.54 Å². The predicted molar refractivity (Wildman–Crippen MR) is 59.4 cm³/mol. The molecule has 0 aliphatic heterocycles. The molecule has 0 radical (unpaired) electrons. The van der Waals surface area contributed by atoms with Gasteiger partial charge in [-0.05, 0) is 12.1 Å². The standard InChI is InChI=1S/C9H11ClN4O3/c10-7-2-1-6(13-14-7)9(16)12-3-4-17-5-8(11)15/h1-2H,3-5H2,(H2,11,15)(H,12,16). The number of nitrogens with one attached hydrogen (secondary N) is 1. The van der Waals surface area contributed by atoms with Gasteiger partial charge in [0.1, 0.15) is 6.61 Å². The summed E-state index contributed by atoms with van der Waals surface area (Å²) in [5.74, 6) is -0.947. The normalized spacial score (nSPS) is 9.94. The maximum Gasteiger partial charge on any atom is 0.271 e. The Labute approximate surface area is 102 Å². The van der Waals surface area contributed by atoms with Crippen molar-refractivity contribution in [1.29, 1.82) is 0 Å². The highest BCUT2D eigenvalue weighted by Crippen LogP contribution is 2.01. The van der Waals surface area contributed by atoms with E-state index in [0.717, 1.165) is 0 Å². The van der Waals surface area contributed by atoms with Crippen LogP contribution in [0.4, 0.5) is 0 Å². The maximum atomic E-state index is 11.4. The smallest absolute Gasteiger partial charge is 0.271 e. The molecular formula is C9H11ClN4O3. The minimum atomic E-state index is -0.556. The number of amides is 2. The Morgan fingerprint density at radius 2 is 2.18 bits per heavy atom. The predicted octanol–water partition coefficient (Wildman–Crippen LogP) is -0.638. The topological polar surface area (TPSA) is 107 Å². The highest BCUT2D eigenvalue weighted by Gasteiger charge is 2.06. The van der Waals surface area contributed by atoms with E-state index in [4.69, 9.17) is 22.1 Å². The lowest BCUT2D eigenvalue weighted by atomic mass is 10.4. The number of ether oxygens (including phenoxy) is 1. The van der Waals surface area contributed by atoms with E-state index in [-0.39, 0.29) is 30.6 Å². The van der Waals surface area contributed by atoms with Crippen LogP contribution in [0, 0.1) is 0 Å². The second-order valence-electron chi connectivity index (χ2n) is 3.02. The van der Waals surface area contributed by atoms with Crippen molar-refractivity contribution in [2.75, 3.05) is 19.8 Å². The van der Waals surface area contributed by atoms with Gasteiger partial charge >= 0.3 is 0 Å². The number of hydrogen-bond donors (Lipinski definition) is 2. The van der Waals surface area contributed by atoms with Gasteiger partial charge in [-0.2, -0.15) is 0 Å². The number of carbonyl (C=O) groups is 2. The molecule has 0 aliphatic rings. The molecule has 1 aromatic heterocycles. The fraction of sp³-hybridized carbons (Fsp3) is 0.333. The van der Waals surface area contributed by atoms with Gasteiger partial charge in [0.2, 0.25) is 5.91 Å². The van der Waals surface area contributed by atoms with E-state index in [9.17, 15) is 9.59 Å². The second-order valence-corrected chi connectivity index (χ2v) is 3.40. The lowest BCUT2D eigenvalue weighted by molar-refractivity contribution is -0.122. The van der Waals surface area contributed by atoms with Crippen LogP contribution in [0.3, 0.4) is 0 Å². The number of halogens is 1. The van der Waals surface area contributed by atoms with Gasteiger partial charge in [-0.3, -0.25) is 9.59 Å². The first-order chi connectivity index (χ1) is 8.09. The van der Waals surface area contributed by atoms with Crippen molar-refractivity contribution < 1.29 is 14.3 Å². The van der Waals surface area contributed by atoms with Crippen LogP contribution in [0.15, 0.2) is 12.1 Å². The lowest BCUT2D eigenvalue weighted by Crippen LogP contribution is -2.29. The summed E-state index contributed by atoms with van der Waals surface area (Å²) in [6.07, 6.45) is 0. The van der Waals surface area contributed by atoms with Crippen molar-refractivity contribution >= 4 is 23.4 Å². The minimum Gasteiger partial charge on any atom is -0.370 e. The van der Waals surface area contributed by atoms with Crippen LogP contribution in [0.25, 0.3) is 0 Å². The number of hydrogen-bond acceptors (Lipinski definition) is 5. The second kappa shape index (κ2) is 6.77. The summed E-state index contributed by atoms with van der Waals surface area (Å²) in [4.78, 5) is 21.8. The summed E-state index contributed by atoms with van der Waals surface area (Å²) in [6, 6.07) is 2.92. The molecule has 0 aliphatic carbocycles. The highest BCUT2D eigenvalue weighted by atomic mass is 35.5. The van der Waals surface area contributed by atoms with Crippen LogP contribution < -0.4 is 11.1 Å². The zero-order valence-corrected chi connectivity index (χ0v) is 9.61. The van der Waals surface area contributed by atoms with E-state index >= 15 is 0 Å². The summed E-state index contributed by atoms with van der Waals surface area (Å²) in [5.41, 5.74) is 5.01. The average Bonchev–Trinajstić information content (AvgIpc) is 2.29. The molecule has 3 N–H and O–H groups in total. The first-order valence-corrected chi connectivity index (χ1v) is 5.11. The molecule has 1 heterocycles. The molecule has 0 fully saturated rings. The quantitative estimate of drug-likeness (QED) is 0.660. The van der Waals surface area contributed by atoms with Gasteiger partial charge in [0.25, 0.3) is 5.91 Å². The molecule has 0 aromatic carbocycles. The average molecular weight is 259 g/mol. The molecule has 17 heavy (non-hydrogen) atoms. The number of aromatic nitrogens is 2. The van der Waals surface area contributed by atoms with Crippen LogP contribution in [-0.4, -0.2) is 41.8 Å². The van der Waals surface area contributed by atoms with E-state index in [0.29, 0.717) is 0 Å². The monoisotopic (exact) mass is 258 g/mol. The number of nitrogens with two attached hydrogens (primary N) is 1. The number of rotatable bonds is 6. The molecule has 92 valence electrons. The molecular weight excluding hydrogens is 248 g/mol. The van der Waals surface area contributed by atoms with Crippen molar-refractivity contribution in [2.45, 2.75) is 0 Å². The third-order valence-electron chi connectivity index (χ3n) is 1.64. The summed E-state index contributed by atoms with van der Waals surface area (Å²) in [7, 11) is 0. The largest absolute Gasteiger partial charge is 0.370 e. The van der Waals surface area contributed by atoms with Gasteiger partial charge in [0.15, 0.2) is 10.8 Å². The fourth-order valence-corrected chi connectivity index (χ4v) is 1.04. The van der Waals surface area contributed by atoms with Gasteiger partial charge < -0.3 is 15.8 Å². The third kappa shape index (κ3) is 5.23. The third-order valence-corrected chi connectivity index (χ3v) is 1.84. The van der Waals surface area contributed by atoms with Crippen LogP contribution in [0.5, 0.6) is 0 Å². The molecule has 8 heteroatoms. The molecule has 2 amide bonds. The molecule has 0 unspecified atom stereocenters. The van der Waals surface area contributed by atoms with Crippen molar-refractivity contribution in [3.8, 4) is 0 Å². The van der Waals surface area contributed by atoms with E-state index in [2.05, 4.69) is 15.5 Å². The van der Waals surface area contributed by atoms with Gasteiger partial charge in [-0.1, -0.05) is 11.6 Å². The summed E-state index contributed by atoms with van der Waals surface area (Å²) in [5, 5.41) is 9.87. The molecule has 0 spiro atoms. The molecule has 0 saturated heterocycles. The number of nitrogens with zero attached hydrogens (tertiary/aromatic N) is 2. The number of carbonyl (C=O) groups excluding carboxylic acids is 2. The first-order valence-electron chi connectivity index (χ1n) is 4.73. The van der Waals surface area contributed by atoms with Crippen molar-refractivity contribution in [1.82, 2.24) is 15.5 Å². The van der Waals surface area contributed by atoms with E-state index in [1.165, 1.54) is 12.1 Å². The van der Waals surface area contributed by atoms with Gasteiger partial charge in [0.05, 0.1) is 6.61 Å². The highest BCUT2D eigenvalue weighted by molar-refractivity contribution is 6.29. The van der Waals surface area contributed by atoms with Crippen molar-refractivity contribution in [3.05, 3.63) is 23.0 Å². The minimum absolute atomic E-state index is 0.157. The zero-order valence-electron chi connectivity index (χ0n) is 8.85. The molecule has 0 saturated carbocycles.